The van der Waals surface area contributed by atoms with Crippen molar-refractivity contribution in [1.29, 1.82) is 0 Å². The Morgan fingerprint density at radius 1 is 0.875 bits per heavy atom. The molecule has 4 N–H and O–H groups in total. The summed E-state index contributed by atoms with van der Waals surface area (Å²) in [4.78, 5) is 0. The van der Waals surface area contributed by atoms with Gasteiger partial charge in [-0.25, -0.2) is 0 Å². The third-order valence-corrected chi connectivity index (χ3v) is 0. The predicted octanol–water partition coefficient (Wildman–Crippen LogP) is 0.0929. The summed E-state index contributed by atoms with van der Waals surface area (Å²) in [5, 5.41) is 7.00. The molecule has 8 heavy (non-hydrogen) atoms. The van der Waals surface area contributed by atoms with Crippen molar-refractivity contribution >= 4 is 0 Å². The number of nitrogens with zero attached hydrogens (tertiary/aromatic N) is 1. The number of hydrogen-bond acceptors (Lipinski definition) is 2. The largest absolute Gasteiger partial charge is 0.400 e. The second-order valence-corrected chi connectivity index (χ2v) is 2.68. The summed E-state index contributed by atoms with van der Waals surface area (Å²) in [5.41, 5.74) is 0. The fourth-order valence-corrected chi connectivity index (χ4v) is 0. The predicted molar refractivity (Wildman–Crippen MR) is 37.1 cm³/mol. The molecule has 0 fully saturated rings. The first kappa shape index (κ1) is 15.7. The molecule has 0 spiro atoms. The van der Waals surface area contributed by atoms with Gasteiger partial charge in [-0.1, -0.05) is 0 Å². The summed E-state index contributed by atoms with van der Waals surface area (Å²) in [6.07, 6.45) is 0. The number of rotatable bonds is 0. The van der Waals surface area contributed by atoms with Gasteiger partial charge in [-0.15, -0.1) is 0 Å². The highest BCUT2D eigenvalue weighted by Crippen LogP contribution is 1.73. The first-order chi connectivity index (χ1) is 3.00. The van der Waals surface area contributed by atoms with E-state index in [1.807, 2.05) is 0 Å². The van der Waals surface area contributed by atoms with Gasteiger partial charge in [0.2, 0.25) is 0 Å². The first-order valence-corrected chi connectivity index (χ1v) is 2.24. The molecule has 0 aliphatic heterocycles. The second kappa shape index (κ2) is 6.88. The highest BCUT2D eigenvalue weighted by molar-refractivity contribution is 3.87. The number of aliphatic hydroxyl groups is 1. The van der Waals surface area contributed by atoms with Crippen LogP contribution in [-0.2, 0) is 0 Å². The van der Waals surface area contributed by atoms with Crippen LogP contribution in [0.3, 0.4) is 0 Å². The lowest BCUT2D eigenvalue weighted by molar-refractivity contribution is -0.849. The van der Waals surface area contributed by atoms with Gasteiger partial charge in [0.15, 0.2) is 0 Å². The Hall–Kier alpha value is -0.120. The second-order valence-electron chi connectivity index (χ2n) is 2.68. The average Bonchev–Trinajstić information content (AvgIpc) is 1.36. The summed E-state index contributed by atoms with van der Waals surface area (Å²) < 4.78 is 1.00. The third-order valence-electron chi connectivity index (χ3n) is 0. The Labute approximate surface area is 52.1 Å². The van der Waals surface area contributed by atoms with Crippen LogP contribution in [0.2, 0.25) is 0 Å². The van der Waals surface area contributed by atoms with E-state index in [1.165, 1.54) is 0 Å². The van der Waals surface area contributed by atoms with E-state index in [4.69, 9.17) is 5.11 Å². The Morgan fingerprint density at radius 2 is 0.875 bits per heavy atom. The maximum absolute atomic E-state index is 7.00. The van der Waals surface area contributed by atoms with Crippen LogP contribution in [0, 0.1) is 0 Å². The maximum atomic E-state index is 7.00. The zero-order valence-electron chi connectivity index (χ0n) is 6.60. The van der Waals surface area contributed by atoms with Crippen molar-refractivity contribution in [3.8, 4) is 0 Å². The third kappa shape index (κ3) is 9720. The molecule has 0 saturated heterocycles. The SMILES string of the molecule is CO.C[N+](C)(C)C.N. The molecule has 0 unspecified atom stereocenters. The fourth-order valence-electron chi connectivity index (χ4n) is 0. The Bertz CT molecular complexity index is 25.9. The van der Waals surface area contributed by atoms with Gasteiger partial charge in [0.05, 0.1) is 28.2 Å². The average molecular weight is 123 g/mol. The van der Waals surface area contributed by atoms with Crippen molar-refractivity contribution in [2.45, 2.75) is 0 Å². The van der Waals surface area contributed by atoms with Gasteiger partial charge in [0, 0.05) is 7.11 Å². The fraction of sp³-hybridized carbons (Fsp3) is 1.00. The lowest BCUT2D eigenvalue weighted by atomic mass is 10.8. The molecule has 0 aliphatic carbocycles. The van der Waals surface area contributed by atoms with E-state index in [2.05, 4.69) is 28.2 Å². The van der Waals surface area contributed by atoms with Gasteiger partial charge in [0.25, 0.3) is 0 Å². The summed E-state index contributed by atoms with van der Waals surface area (Å²) in [6.45, 7) is 0. The van der Waals surface area contributed by atoms with E-state index < -0.39 is 0 Å². The molecular formula is C5H19N2O+. The van der Waals surface area contributed by atoms with E-state index in [9.17, 15) is 0 Å². The van der Waals surface area contributed by atoms with Crippen molar-refractivity contribution in [2.75, 3.05) is 35.3 Å². The molecule has 0 rings (SSSR count). The highest BCUT2D eigenvalue weighted by atomic mass is 16.2. The van der Waals surface area contributed by atoms with Gasteiger partial charge in [-0.3, -0.25) is 0 Å². The Morgan fingerprint density at radius 3 is 0.875 bits per heavy atom. The molecule has 0 aliphatic rings. The number of aliphatic hydroxyl groups excluding tert-OH is 1. The molecule has 0 bridgehead atoms. The lowest BCUT2D eigenvalue weighted by Gasteiger charge is -2.14. The molecule has 0 aromatic rings. The lowest BCUT2D eigenvalue weighted by Crippen LogP contribution is -2.27. The van der Waals surface area contributed by atoms with Crippen molar-refractivity contribution in [3.63, 3.8) is 0 Å². The molecule has 0 saturated carbocycles. The quantitative estimate of drug-likeness (QED) is 0.449. The van der Waals surface area contributed by atoms with Crippen LogP contribution >= 0.6 is 0 Å². The minimum Gasteiger partial charge on any atom is -0.400 e. The standard InChI is InChI=1S/C4H12N.CH4O.H3N/c1-5(2,3)4;1-2;/h1-4H3;2H,1H3;1H3/q+1;;. The smallest absolute Gasteiger partial charge is 0.0675 e. The van der Waals surface area contributed by atoms with Gasteiger partial charge >= 0.3 is 0 Å². The van der Waals surface area contributed by atoms with Crippen molar-refractivity contribution in [1.82, 2.24) is 6.15 Å². The van der Waals surface area contributed by atoms with Crippen LogP contribution in [0.4, 0.5) is 0 Å². The van der Waals surface area contributed by atoms with Crippen molar-refractivity contribution in [3.05, 3.63) is 0 Å². The zero-order valence-corrected chi connectivity index (χ0v) is 6.60. The van der Waals surface area contributed by atoms with E-state index in [-0.39, 0.29) is 6.15 Å². The van der Waals surface area contributed by atoms with Crippen LogP contribution < -0.4 is 6.15 Å². The monoisotopic (exact) mass is 123 g/mol. The van der Waals surface area contributed by atoms with Crippen LogP contribution in [0.1, 0.15) is 0 Å². The molecule has 0 amide bonds. The Balaban J connectivity index is -0.0000000750. The van der Waals surface area contributed by atoms with E-state index in [0.717, 1.165) is 11.6 Å². The molecule has 3 nitrogen and oxygen atoms in total. The minimum absolute atomic E-state index is 0. The minimum atomic E-state index is 0. The molecule has 0 aromatic carbocycles. The molecule has 0 radical (unpaired) electrons. The van der Waals surface area contributed by atoms with Gasteiger partial charge in [-0.05, 0) is 0 Å². The normalized spacial score (nSPS) is 8.25. The summed E-state index contributed by atoms with van der Waals surface area (Å²) in [7, 11) is 9.50. The molecular weight excluding hydrogens is 104 g/mol. The van der Waals surface area contributed by atoms with Crippen LogP contribution in [0.25, 0.3) is 0 Å². The van der Waals surface area contributed by atoms with Crippen LogP contribution in [0.5, 0.6) is 0 Å². The van der Waals surface area contributed by atoms with Gasteiger partial charge in [-0.2, -0.15) is 0 Å². The summed E-state index contributed by atoms with van der Waals surface area (Å²) >= 11 is 0. The molecule has 0 atom stereocenters. The molecule has 0 aromatic heterocycles. The first-order valence-electron chi connectivity index (χ1n) is 2.24. The highest BCUT2D eigenvalue weighted by Gasteiger charge is 1.88. The van der Waals surface area contributed by atoms with E-state index in [0.29, 0.717) is 0 Å². The summed E-state index contributed by atoms with van der Waals surface area (Å²) in [5.74, 6) is 0. The van der Waals surface area contributed by atoms with Crippen LogP contribution in [0.15, 0.2) is 0 Å². The van der Waals surface area contributed by atoms with Crippen LogP contribution in [-0.4, -0.2) is 44.9 Å². The van der Waals surface area contributed by atoms with Gasteiger partial charge in [0.1, 0.15) is 0 Å². The molecule has 3 heteroatoms. The molecule has 54 valence electrons. The maximum Gasteiger partial charge on any atom is 0.0675 e. The van der Waals surface area contributed by atoms with E-state index >= 15 is 0 Å². The van der Waals surface area contributed by atoms with Crippen molar-refractivity contribution < 1.29 is 9.59 Å². The summed E-state index contributed by atoms with van der Waals surface area (Å²) in [6, 6.07) is 0. The zero-order chi connectivity index (χ0) is 6.50. The topological polar surface area (TPSA) is 55.2 Å². The van der Waals surface area contributed by atoms with Gasteiger partial charge < -0.3 is 15.7 Å². The number of hydrogen-bond donors (Lipinski definition) is 2. The Kier molecular flexibility index (Phi) is 13.5. The van der Waals surface area contributed by atoms with E-state index in [1.54, 1.807) is 0 Å². The molecule has 0 heterocycles. The van der Waals surface area contributed by atoms with Crippen molar-refractivity contribution in [2.24, 2.45) is 0 Å². The number of quaternary nitrogens is 1.